The maximum atomic E-state index is 11.2. The zero-order valence-electron chi connectivity index (χ0n) is 12.3. The van der Waals surface area contributed by atoms with E-state index in [4.69, 9.17) is 0 Å². The van der Waals surface area contributed by atoms with Crippen molar-refractivity contribution in [1.82, 2.24) is 5.32 Å². The highest BCUT2D eigenvalue weighted by Gasteiger charge is 2.23. The fourth-order valence-electron chi connectivity index (χ4n) is 1.75. The first-order valence-electron chi connectivity index (χ1n) is 6.71. The number of rotatable bonds is 3. The molecule has 4 nitrogen and oxygen atoms in total. The van der Waals surface area contributed by atoms with Gasteiger partial charge in [0.25, 0.3) is 6.47 Å². The molecule has 0 aromatic heterocycles. The largest absolute Gasteiger partial charge is 0.462 e. The molecule has 4 heteroatoms. The summed E-state index contributed by atoms with van der Waals surface area (Å²) in [4.78, 5) is 20.8. The van der Waals surface area contributed by atoms with Crippen molar-refractivity contribution in [3.8, 4) is 0 Å². The first-order valence-corrected chi connectivity index (χ1v) is 6.71. The zero-order valence-corrected chi connectivity index (χ0v) is 12.3. The van der Waals surface area contributed by atoms with Crippen LogP contribution in [0.4, 0.5) is 0 Å². The second-order valence-electron chi connectivity index (χ2n) is 5.65. The number of ketones is 1. The van der Waals surface area contributed by atoms with Crippen LogP contribution in [0.25, 0.3) is 0 Å². The summed E-state index contributed by atoms with van der Waals surface area (Å²) in [6, 6.07) is 0.891. The van der Waals surface area contributed by atoms with Gasteiger partial charge in [-0.25, -0.2) is 0 Å². The Labute approximate surface area is 110 Å². The van der Waals surface area contributed by atoms with E-state index in [9.17, 15) is 9.59 Å². The van der Waals surface area contributed by atoms with Crippen molar-refractivity contribution in [1.29, 1.82) is 0 Å². The van der Waals surface area contributed by atoms with Gasteiger partial charge < -0.3 is 10.1 Å². The quantitative estimate of drug-likeness (QED) is 0.789. The third-order valence-electron chi connectivity index (χ3n) is 2.81. The van der Waals surface area contributed by atoms with Crippen molar-refractivity contribution in [2.45, 2.75) is 78.0 Å². The number of ether oxygens (including phenoxy) is 1. The molecule has 0 radical (unpaired) electrons. The average molecular weight is 257 g/mol. The number of carbonyl (C=O) groups is 2. The SMILES string of the molecule is CC(C)(C)OC=O.CC[C@@H]1CC(=O)C[C@H](CC)N1. The van der Waals surface area contributed by atoms with Crippen LogP contribution in [0, 0.1) is 0 Å². The zero-order chi connectivity index (χ0) is 14.2. The molecular formula is C14H27NO3. The number of carbonyl (C=O) groups excluding carboxylic acids is 2. The molecule has 1 fully saturated rings. The second-order valence-corrected chi connectivity index (χ2v) is 5.65. The van der Waals surface area contributed by atoms with E-state index < -0.39 is 0 Å². The fraction of sp³-hybridized carbons (Fsp3) is 0.857. The molecule has 0 amide bonds. The molecule has 0 saturated carbocycles. The van der Waals surface area contributed by atoms with Gasteiger partial charge in [-0.3, -0.25) is 9.59 Å². The van der Waals surface area contributed by atoms with Gasteiger partial charge in [-0.15, -0.1) is 0 Å². The van der Waals surface area contributed by atoms with Crippen LogP contribution in [-0.2, 0) is 14.3 Å². The van der Waals surface area contributed by atoms with Crippen molar-refractivity contribution in [3.63, 3.8) is 0 Å². The van der Waals surface area contributed by atoms with Crippen molar-refractivity contribution in [2.75, 3.05) is 0 Å². The van der Waals surface area contributed by atoms with E-state index in [2.05, 4.69) is 23.9 Å². The van der Waals surface area contributed by atoms with E-state index in [-0.39, 0.29) is 5.60 Å². The monoisotopic (exact) mass is 257 g/mol. The Morgan fingerprint density at radius 1 is 1.22 bits per heavy atom. The summed E-state index contributed by atoms with van der Waals surface area (Å²) in [6.07, 6.45) is 3.63. The summed E-state index contributed by atoms with van der Waals surface area (Å²) in [5, 5.41) is 3.46. The molecule has 1 aliphatic rings. The molecule has 0 aromatic carbocycles. The fourth-order valence-corrected chi connectivity index (χ4v) is 1.75. The van der Waals surface area contributed by atoms with Gasteiger partial charge in [0, 0.05) is 24.9 Å². The van der Waals surface area contributed by atoms with Gasteiger partial charge in [-0.1, -0.05) is 13.8 Å². The minimum absolute atomic E-state index is 0.318. The highest BCUT2D eigenvalue weighted by Crippen LogP contribution is 2.13. The molecule has 0 bridgehead atoms. The number of hydrogen-bond acceptors (Lipinski definition) is 4. The summed E-state index contributed by atoms with van der Waals surface area (Å²) >= 11 is 0. The lowest BCUT2D eigenvalue weighted by Crippen LogP contribution is -2.45. The molecule has 1 N–H and O–H groups in total. The summed E-state index contributed by atoms with van der Waals surface area (Å²) < 4.78 is 4.55. The number of Topliss-reactive ketones (excluding diaryl/α,β-unsaturated/α-hetero) is 1. The van der Waals surface area contributed by atoms with Gasteiger partial charge in [-0.05, 0) is 33.6 Å². The molecule has 0 spiro atoms. The van der Waals surface area contributed by atoms with Crippen LogP contribution in [0.15, 0.2) is 0 Å². The Bertz CT molecular complexity index is 244. The van der Waals surface area contributed by atoms with Gasteiger partial charge >= 0.3 is 0 Å². The first kappa shape index (κ1) is 17.1. The minimum Gasteiger partial charge on any atom is -0.462 e. The van der Waals surface area contributed by atoms with Gasteiger partial charge in [0.15, 0.2) is 0 Å². The van der Waals surface area contributed by atoms with E-state index >= 15 is 0 Å². The van der Waals surface area contributed by atoms with Crippen LogP contribution in [0.1, 0.15) is 60.3 Å². The molecule has 1 rings (SSSR count). The first-order chi connectivity index (χ1) is 8.32. The summed E-state index contributed by atoms with van der Waals surface area (Å²) in [6.45, 7) is 10.2. The number of piperidine rings is 1. The van der Waals surface area contributed by atoms with E-state index in [1.807, 2.05) is 20.8 Å². The molecule has 1 saturated heterocycles. The van der Waals surface area contributed by atoms with Crippen LogP contribution in [-0.4, -0.2) is 29.9 Å². The second kappa shape index (κ2) is 8.25. The van der Waals surface area contributed by atoms with Crippen LogP contribution >= 0.6 is 0 Å². The van der Waals surface area contributed by atoms with Crippen LogP contribution in [0.5, 0.6) is 0 Å². The van der Waals surface area contributed by atoms with Crippen molar-refractivity contribution >= 4 is 12.3 Å². The normalized spacial score (nSPS) is 23.9. The molecule has 2 atom stereocenters. The van der Waals surface area contributed by atoms with E-state index in [1.165, 1.54) is 0 Å². The van der Waals surface area contributed by atoms with E-state index in [1.54, 1.807) is 0 Å². The third kappa shape index (κ3) is 8.23. The maximum Gasteiger partial charge on any atom is 0.293 e. The van der Waals surface area contributed by atoms with E-state index in [0.717, 1.165) is 25.7 Å². The Hall–Kier alpha value is -0.900. The topological polar surface area (TPSA) is 55.4 Å². The predicted molar refractivity (Wildman–Crippen MR) is 72.4 cm³/mol. The molecule has 0 aliphatic carbocycles. The summed E-state index contributed by atoms with van der Waals surface area (Å²) in [5.41, 5.74) is -0.318. The lowest BCUT2D eigenvalue weighted by molar-refractivity contribution is -0.138. The summed E-state index contributed by atoms with van der Waals surface area (Å²) in [5.74, 6) is 0.433. The number of nitrogens with one attached hydrogen (secondary N) is 1. The third-order valence-corrected chi connectivity index (χ3v) is 2.81. The highest BCUT2D eigenvalue weighted by atomic mass is 16.5. The predicted octanol–water partition coefficient (Wildman–Crippen LogP) is 2.45. The van der Waals surface area contributed by atoms with Crippen molar-refractivity contribution in [3.05, 3.63) is 0 Å². The lowest BCUT2D eigenvalue weighted by atomic mass is 9.94. The van der Waals surface area contributed by atoms with Crippen LogP contribution < -0.4 is 5.32 Å². The molecule has 0 unspecified atom stereocenters. The Morgan fingerprint density at radius 2 is 1.67 bits per heavy atom. The Balaban J connectivity index is 0.000000360. The van der Waals surface area contributed by atoms with Gasteiger partial charge in [0.1, 0.15) is 11.4 Å². The van der Waals surface area contributed by atoms with Crippen LogP contribution in [0.2, 0.25) is 0 Å². The smallest absolute Gasteiger partial charge is 0.293 e. The average Bonchev–Trinajstić information content (AvgIpc) is 2.27. The molecule has 0 aromatic rings. The summed E-state index contributed by atoms with van der Waals surface area (Å²) in [7, 11) is 0. The standard InChI is InChI=1S/C9H17NO.C5H10O2/c1-3-7-5-9(11)6-8(4-2)10-7;1-5(2,3)7-4-6/h7-8,10H,3-6H2,1-2H3;4H,1-3H3/t7-,8+;. The minimum atomic E-state index is -0.318. The Morgan fingerprint density at radius 3 is 1.89 bits per heavy atom. The van der Waals surface area contributed by atoms with Gasteiger partial charge in [0.05, 0.1) is 0 Å². The Kier molecular flexibility index (Phi) is 7.83. The van der Waals surface area contributed by atoms with Gasteiger partial charge in [-0.2, -0.15) is 0 Å². The molecule has 1 heterocycles. The lowest BCUT2D eigenvalue weighted by Gasteiger charge is -2.28. The van der Waals surface area contributed by atoms with Crippen molar-refractivity contribution < 1.29 is 14.3 Å². The van der Waals surface area contributed by atoms with Crippen LogP contribution in [0.3, 0.4) is 0 Å². The highest BCUT2D eigenvalue weighted by molar-refractivity contribution is 5.80. The van der Waals surface area contributed by atoms with Crippen molar-refractivity contribution in [2.24, 2.45) is 0 Å². The molecular weight excluding hydrogens is 230 g/mol. The molecule has 18 heavy (non-hydrogen) atoms. The molecule has 1 aliphatic heterocycles. The maximum absolute atomic E-state index is 11.2. The van der Waals surface area contributed by atoms with E-state index in [0.29, 0.717) is 24.3 Å². The molecule has 106 valence electrons. The van der Waals surface area contributed by atoms with Gasteiger partial charge in [0.2, 0.25) is 0 Å². The number of hydrogen-bond donors (Lipinski definition) is 1.